The summed E-state index contributed by atoms with van der Waals surface area (Å²) >= 11 is 6.37. The van der Waals surface area contributed by atoms with Crippen molar-refractivity contribution < 1.29 is 18.7 Å². The number of carbonyl (C=O) groups is 2. The van der Waals surface area contributed by atoms with Crippen LogP contribution < -0.4 is 15.6 Å². The maximum Gasteiger partial charge on any atom is 0.276 e. The van der Waals surface area contributed by atoms with Gasteiger partial charge < -0.3 is 4.74 Å². The molecular formula is C15H11Br2FN2O3. The average Bonchev–Trinajstić information content (AvgIpc) is 2.51. The molecule has 0 atom stereocenters. The Morgan fingerprint density at radius 1 is 1.00 bits per heavy atom. The lowest BCUT2D eigenvalue weighted by molar-refractivity contribution is -0.123. The minimum absolute atomic E-state index is 0.0750. The first kappa shape index (κ1) is 17.4. The van der Waals surface area contributed by atoms with Gasteiger partial charge in [0.1, 0.15) is 11.6 Å². The molecule has 0 saturated carbocycles. The third-order valence-electron chi connectivity index (χ3n) is 2.62. The van der Waals surface area contributed by atoms with Crippen LogP contribution in [-0.2, 0) is 4.79 Å². The number of halogens is 3. The molecule has 0 fully saturated rings. The van der Waals surface area contributed by atoms with E-state index >= 15 is 0 Å². The first-order chi connectivity index (χ1) is 10.9. The molecular weight excluding hydrogens is 435 g/mol. The zero-order valence-electron chi connectivity index (χ0n) is 11.6. The number of ether oxygens (including phenoxy) is 1. The summed E-state index contributed by atoms with van der Waals surface area (Å²) < 4.78 is 19.8. The molecule has 2 aromatic carbocycles. The number of benzene rings is 2. The number of hydrogen-bond acceptors (Lipinski definition) is 3. The summed E-state index contributed by atoms with van der Waals surface area (Å²) in [5, 5.41) is 0. The number of hydrazine groups is 1. The van der Waals surface area contributed by atoms with Crippen LogP contribution in [0.4, 0.5) is 4.39 Å². The molecule has 0 bridgehead atoms. The Bertz CT molecular complexity index is 703. The van der Waals surface area contributed by atoms with Gasteiger partial charge in [0.15, 0.2) is 6.61 Å². The molecule has 2 rings (SSSR count). The molecule has 0 heterocycles. The van der Waals surface area contributed by atoms with Crippen LogP contribution in [0.1, 0.15) is 10.4 Å². The van der Waals surface area contributed by atoms with E-state index in [0.717, 1.165) is 10.5 Å². The van der Waals surface area contributed by atoms with Crippen LogP contribution in [0, 0.1) is 5.82 Å². The Labute approximate surface area is 148 Å². The Kier molecular flexibility index (Phi) is 6.12. The van der Waals surface area contributed by atoms with Gasteiger partial charge in [-0.05, 0) is 42.5 Å². The van der Waals surface area contributed by atoms with Crippen molar-refractivity contribution in [3.05, 3.63) is 62.8 Å². The standard InChI is InChI=1S/C15H11Br2FN2O3/c16-10-1-3-13(4-2-10)23-8-14(21)19-20-15(22)9-5-11(17)7-12(18)6-9/h1-7H,8H2,(H,19,21)(H,20,22). The van der Waals surface area contributed by atoms with Gasteiger partial charge >= 0.3 is 0 Å². The van der Waals surface area contributed by atoms with E-state index in [1.807, 2.05) is 0 Å². The second-order valence-electron chi connectivity index (χ2n) is 4.40. The zero-order chi connectivity index (χ0) is 16.8. The van der Waals surface area contributed by atoms with Crippen LogP contribution in [0.2, 0.25) is 0 Å². The largest absolute Gasteiger partial charge is 0.484 e. The molecule has 120 valence electrons. The van der Waals surface area contributed by atoms with Crippen molar-refractivity contribution >= 4 is 43.7 Å². The summed E-state index contributed by atoms with van der Waals surface area (Å²) in [5.74, 6) is -1.22. The van der Waals surface area contributed by atoms with E-state index in [-0.39, 0.29) is 12.2 Å². The summed E-state index contributed by atoms with van der Waals surface area (Å²) in [4.78, 5) is 23.4. The highest BCUT2D eigenvalue weighted by molar-refractivity contribution is 9.10. The quantitative estimate of drug-likeness (QED) is 0.710. The molecule has 2 aromatic rings. The van der Waals surface area contributed by atoms with Crippen LogP contribution in [0.15, 0.2) is 51.4 Å². The van der Waals surface area contributed by atoms with Crippen molar-refractivity contribution in [1.82, 2.24) is 10.9 Å². The molecule has 0 unspecified atom stereocenters. The minimum Gasteiger partial charge on any atom is -0.484 e. The van der Waals surface area contributed by atoms with Gasteiger partial charge in [-0.2, -0.15) is 0 Å². The van der Waals surface area contributed by atoms with Crippen LogP contribution in [0.3, 0.4) is 0 Å². The van der Waals surface area contributed by atoms with E-state index in [1.54, 1.807) is 24.3 Å². The predicted octanol–water partition coefficient (Wildman–Crippen LogP) is 3.19. The number of hydrogen-bond donors (Lipinski definition) is 2. The van der Waals surface area contributed by atoms with Crippen LogP contribution >= 0.6 is 31.9 Å². The van der Waals surface area contributed by atoms with Gasteiger partial charge in [-0.1, -0.05) is 31.9 Å². The highest BCUT2D eigenvalue weighted by Gasteiger charge is 2.10. The second-order valence-corrected chi connectivity index (χ2v) is 6.23. The molecule has 0 aliphatic heterocycles. The van der Waals surface area contributed by atoms with E-state index < -0.39 is 17.6 Å². The molecule has 0 spiro atoms. The number of nitrogens with one attached hydrogen (secondary N) is 2. The maximum absolute atomic E-state index is 13.2. The highest BCUT2D eigenvalue weighted by atomic mass is 79.9. The van der Waals surface area contributed by atoms with Gasteiger partial charge in [-0.15, -0.1) is 0 Å². The number of amides is 2. The normalized spacial score (nSPS) is 10.0. The first-order valence-corrected chi connectivity index (χ1v) is 7.96. The maximum atomic E-state index is 13.2. The molecule has 2 N–H and O–H groups in total. The molecule has 5 nitrogen and oxygen atoms in total. The number of carbonyl (C=O) groups excluding carboxylic acids is 2. The summed E-state index contributed by atoms with van der Waals surface area (Å²) in [7, 11) is 0. The Hall–Kier alpha value is -1.93. The fourth-order valence-electron chi connectivity index (χ4n) is 1.60. The smallest absolute Gasteiger partial charge is 0.276 e. The van der Waals surface area contributed by atoms with Gasteiger partial charge in [0.05, 0.1) is 0 Å². The fraction of sp³-hybridized carbons (Fsp3) is 0.0667. The van der Waals surface area contributed by atoms with Gasteiger partial charge in [0.25, 0.3) is 11.8 Å². The summed E-state index contributed by atoms with van der Waals surface area (Å²) in [6.07, 6.45) is 0. The molecule has 0 aliphatic carbocycles. The van der Waals surface area contributed by atoms with Gasteiger partial charge in [0.2, 0.25) is 0 Å². The Morgan fingerprint density at radius 3 is 2.35 bits per heavy atom. The van der Waals surface area contributed by atoms with Gasteiger partial charge in [0, 0.05) is 14.5 Å². The van der Waals surface area contributed by atoms with Crippen molar-refractivity contribution in [2.24, 2.45) is 0 Å². The molecule has 0 radical (unpaired) electrons. The average molecular weight is 446 g/mol. The molecule has 8 heteroatoms. The van der Waals surface area contributed by atoms with Crippen LogP contribution in [-0.4, -0.2) is 18.4 Å². The summed E-state index contributed by atoms with van der Waals surface area (Å²) in [6.45, 7) is -0.269. The number of rotatable bonds is 4. The topological polar surface area (TPSA) is 67.4 Å². The SMILES string of the molecule is O=C(COc1ccc(Br)cc1)NNC(=O)c1cc(F)cc(Br)c1. The third kappa shape index (κ3) is 5.65. The first-order valence-electron chi connectivity index (χ1n) is 6.37. The lowest BCUT2D eigenvalue weighted by Crippen LogP contribution is -2.43. The summed E-state index contributed by atoms with van der Waals surface area (Å²) in [6, 6.07) is 10.7. The van der Waals surface area contributed by atoms with Crippen molar-refractivity contribution in [1.29, 1.82) is 0 Å². The zero-order valence-corrected chi connectivity index (χ0v) is 14.8. The Morgan fingerprint density at radius 2 is 1.70 bits per heavy atom. The highest BCUT2D eigenvalue weighted by Crippen LogP contribution is 2.16. The monoisotopic (exact) mass is 444 g/mol. The van der Waals surface area contributed by atoms with Gasteiger partial charge in [-0.3, -0.25) is 20.4 Å². The lowest BCUT2D eigenvalue weighted by atomic mass is 10.2. The molecule has 0 aromatic heterocycles. The second kappa shape index (κ2) is 8.07. The molecule has 0 aliphatic rings. The van der Waals surface area contributed by atoms with Crippen molar-refractivity contribution in [3.8, 4) is 5.75 Å². The summed E-state index contributed by atoms with van der Waals surface area (Å²) in [5.41, 5.74) is 4.45. The van der Waals surface area contributed by atoms with E-state index in [9.17, 15) is 14.0 Å². The predicted molar refractivity (Wildman–Crippen MR) is 89.3 cm³/mol. The fourth-order valence-corrected chi connectivity index (χ4v) is 2.33. The van der Waals surface area contributed by atoms with E-state index in [4.69, 9.17) is 4.74 Å². The minimum atomic E-state index is -0.637. The van der Waals surface area contributed by atoms with Crippen LogP contribution in [0.25, 0.3) is 0 Å². The van der Waals surface area contributed by atoms with Gasteiger partial charge in [-0.25, -0.2) is 4.39 Å². The molecule has 0 saturated heterocycles. The lowest BCUT2D eigenvalue weighted by Gasteiger charge is -2.09. The molecule has 23 heavy (non-hydrogen) atoms. The van der Waals surface area contributed by atoms with Crippen LogP contribution in [0.5, 0.6) is 5.75 Å². The van der Waals surface area contributed by atoms with E-state index in [1.165, 1.54) is 12.1 Å². The Balaban J connectivity index is 1.81. The van der Waals surface area contributed by atoms with Crippen molar-refractivity contribution in [2.45, 2.75) is 0 Å². The molecule has 2 amide bonds. The van der Waals surface area contributed by atoms with Crippen molar-refractivity contribution in [2.75, 3.05) is 6.61 Å². The van der Waals surface area contributed by atoms with Crippen molar-refractivity contribution in [3.63, 3.8) is 0 Å². The van der Waals surface area contributed by atoms with E-state index in [0.29, 0.717) is 10.2 Å². The third-order valence-corrected chi connectivity index (χ3v) is 3.61. The van der Waals surface area contributed by atoms with E-state index in [2.05, 4.69) is 42.7 Å².